The highest BCUT2D eigenvalue weighted by Gasteiger charge is 2.26. The first-order valence-corrected chi connectivity index (χ1v) is 8.47. The number of anilines is 2. The average Bonchev–Trinajstić information content (AvgIpc) is 2.55. The Morgan fingerprint density at radius 1 is 1.30 bits per heavy atom. The molecule has 1 heterocycles. The van der Waals surface area contributed by atoms with Gasteiger partial charge >= 0.3 is 0 Å². The summed E-state index contributed by atoms with van der Waals surface area (Å²) in [6, 6.07) is 13.5. The lowest BCUT2D eigenvalue weighted by atomic mass is 9.97. The molecule has 2 aromatic rings. The first-order chi connectivity index (χ1) is 11.1. The van der Waals surface area contributed by atoms with Crippen LogP contribution in [0.1, 0.15) is 31.4 Å². The third-order valence-electron chi connectivity index (χ3n) is 4.38. The Labute approximate surface area is 142 Å². The molecule has 0 amide bonds. The lowest BCUT2D eigenvalue weighted by Crippen LogP contribution is -2.44. The van der Waals surface area contributed by atoms with E-state index in [1.54, 1.807) is 6.07 Å². The summed E-state index contributed by atoms with van der Waals surface area (Å²) in [6.07, 6.45) is 2.84. The summed E-state index contributed by atoms with van der Waals surface area (Å²) in [7, 11) is 0. The molecule has 0 bridgehead atoms. The second kappa shape index (κ2) is 6.67. The molecule has 1 atom stereocenters. The summed E-state index contributed by atoms with van der Waals surface area (Å²) >= 11 is 5.64. The Hall–Kier alpha value is -1.94. The predicted molar refractivity (Wildman–Crippen MR) is 98.7 cm³/mol. The van der Waals surface area contributed by atoms with Gasteiger partial charge in [0.15, 0.2) is 5.11 Å². The van der Waals surface area contributed by atoms with E-state index >= 15 is 0 Å². The molecular formula is C19H21FN2S. The molecule has 0 fully saturated rings. The Kier molecular flexibility index (Phi) is 4.62. The monoisotopic (exact) mass is 328 g/mol. The molecule has 0 aliphatic carbocycles. The van der Waals surface area contributed by atoms with E-state index in [1.165, 1.54) is 11.6 Å². The number of thiocarbonyl (C=S) groups is 1. The number of fused-ring (bicyclic) bond motifs is 1. The van der Waals surface area contributed by atoms with Gasteiger partial charge in [0, 0.05) is 17.4 Å². The number of aryl methyl sites for hydroxylation is 2. The number of nitrogens with zero attached hydrogens (tertiary/aromatic N) is 1. The van der Waals surface area contributed by atoms with Gasteiger partial charge in [0.25, 0.3) is 0 Å². The van der Waals surface area contributed by atoms with E-state index in [4.69, 9.17) is 12.2 Å². The highest BCUT2D eigenvalue weighted by Crippen LogP contribution is 2.32. The van der Waals surface area contributed by atoms with Crippen LogP contribution in [0.4, 0.5) is 15.8 Å². The minimum atomic E-state index is -0.187. The number of hydrogen-bond acceptors (Lipinski definition) is 1. The molecule has 0 aromatic heterocycles. The Morgan fingerprint density at radius 2 is 2.13 bits per heavy atom. The zero-order chi connectivity index (χ0) is 16.4. The van der Waals surface area contributed by atoms with Crippen molar-refractivity contribution in [3.05, 3.63) is 59.4 Å². The minimum absolute atomic E-state index is 0.187. The van der Waals surface area contributed by atoms with Crippen LogP contribution in [0.2, 0.25) is 0 Å². The van der Waals surface area contributed by atoms with E-state index in [0.29, 0.717) is 11.2 Å². The van der Waals surface area contributed by atoms with Gasteiger partial charge in [-0.25, -0.2) is 4.39 Å². The van der Waals surface area contributed by atoms with Crippen molar-refractivity contribution in [1.82, 2.24) is 0 Å². The molecule has 4 heteroatoms. The summed E-state index contributed by atoms with van der Waals surface area (Å²) in [5, 5.41) is 4.00. The smallest absolute Gasteiger partial charge is 0.178 e. The lowest BCUT2D eigenvalue weighted by molar-refractivity contribution is 0.604. The summed E-state index contributed by atoms with van der Waals surface area (Å²) in [4.78, 5) is 2.10. The largest absolute Gasteiger partial charge is 0.332 e. The number of nitrogens with one attached hydrogen (secondary N) is 1. The van der Waals surface area contributed by atoms with Gasteiger partial charge in [-0.15, -0.1) is 0 Å². The molecule has 23 heavy (non-hydrogen) atoms. The van der Waals surface area contributed by atoms with Crippen LogP contribution in [-0.2, 0) is 12.8 Å². The fraction of sp³-hybridized carbons (Fsp3) is 0.316. The standard InChI is InChI=1S/C19H21FN2S/c1-3-14-5-4-6-17(11-14)21-19(23)22-13(2)7-8-15-12-16(20)9-10-18(15)22/h4-6,9-13H,3,7-8H2,1-2H3,(H,21,23)/t13-/m0/s1. The van der Waals surface area contributed by atoms with Crippen molar-refractivity contribution >= 4 is 28.7 Å². The Balaban J connectivity index is 1.87. The van der Waals surface area contributed by atoms with E-state index in [2.05, 4.69) is 36.2 Å². The van der Waals surface area contributed by atoms with Crippen LogP contribution in [-0.4, -0.2) is 11.2 Å². The van der Waals surface area contributed by atoms with E-state index in [9.17, 15) is 4.39 Å². The maximum atomic E-state index is 13.5. The predicted octanol–water partition coefficient (Wildman–Crippen LogP) is 4.93. The van der Waals surface area contributed by atoms with Crippen molar-refractivity contribution < 1.29 is 4.39 Å². The van der Waals surface area contributed by atoms with E-state index in [-0.39, 0.29) is 5.82 Å². The van der Waals surface area contributed by atoms with Crippen molar-refractivity contribution in [1.29, 1.82) is 0 Å². The van der Waals surface area contributed by atoms with Crippen molar-refractivity contribution in [2.24, 2.45) is 0 Å². The minimum Gasteiger partial charge on any atom is -0.332 e. The highest BCUT2D eigenvalue weighted by atomic mass is 32.1. The molecule has 2 aromatic carbocycles. The molecule has 120 valence electrons. The van der Waals surface area contributed by atoms with Gasteiger partial charge in [-0.1, -0.05) is 19.1 Å². The normalized spacial score (nSPS) is 16.8. The zero-order valence-electron chi connectivity index (χ0n) is 13.5. The maximum Gasteiger partial charge on any atom is 0.178 e. The average molecular weight is 328 g/mol. The Bertz CT molecular complexity index is 729. The molecule has 0 saturated carbocycles. The topological polar surface area (TPSA) is 15.3 Å². The van der Waals surface area contributed by atoms with Crippen LogP contribution in [0, 0.1) is 5.82 Å². The molecule has 0 spiro atoms. The molecule has 2 nitrogen and oxygen atoms in total. The van der Waals surface area contributed by atoms with Gasteiger partial charge in [0.2, 0.25) is 0 Å². The first kappa shape index (κ1) is 15.9. The molecule has 1 N–H and O–H groups in total. The van der Waals surface area contributed by atoms with Gasteiger partial charge in [0.05, 0.1) is 0 Å². The quantitative estimate of drug-likeness (QED) is 0.787. The second-order valence-corrected chi connectivity index (χ2v) is 6.40. The van der Waals surface area contributed by atoms with Crippen molar-refractivity contribution in [3.8, 4) is 0 Å². The molecule has 1 aliphatic heterocycles. The Morgan fingerprint density at radius 3 is 2.91 bits per heavy atom. The van der Waals surface area contributed by atoms with Crippen LogP contribution in [0.5, 0.6) is 0 Å². The summed E-state index contributed by atoms with van der Waals surface area (Å²) in [5.41, 5.74) is 4.30. The summed E-state index contributed by atoms with van der Waals surface area (Å²) in [5.74, 6) is -0.187. The second-order valence-electron chi connectivity index (χ2n) is 6.01. The SMILES string of the molecule is CCc1cccc(NC(=S)N2c3ccc(F)cc3CC[C@@H]2C)c1. The number of rotatable bonds is 2. The van der Waals surface area contributed by atoms with Gasteiger partial charge in [-0.3, -0.25) is 0 Å². The maximum absolute atomic E-state index is 13.5. The molecule has 1 aliphatic rings. The van der Waals surface area contributed by atoms with Gasteiger partial charge in [-0.05, 0) is 79.9 Å². The van der Waals surface area contributed by atoms with E-state index in [1.807, 2.05) is 18.2 Å². The molecular weight excluding hydrogens is 307 g/mol. The highest BCUT2D eigenvalue weighted by molar-refractivity contribution is 7.80. The number of hydrogen-bond donors (Lipinski definition) is 1. The van der Waals surface area contributed by atoms with Crippen LogP contribution < -0.4 is 10.2 Å². The van der Waals surface area contributed by atoms with Crippen LogP contribution in [0.3, 0.4) is 0 Å². The molecule has 3 rings (SSSR count). The third-order valence-corrected chi connectivity index (χ3v) is 4.68. The molecule has 0 radical (unpaired) electrons. The summed E-state index contributed by atoms with van der Waals surface area (Å²) < 4.78 is 13.5. The van der Waals surface area contributed by atoms with Crippen LogP contribution >= 0.6 is 12.2 Å². The van der Waals surface area contributed by atoms with Gasteiger partial charge < -0.3 is 10.2 Å². The first-order valence-electron chi connectivity index (χ1n) is 8.06. The third kappa shape index (κ3) is 3.37. The van der Waals surface area contributed by atoms with Crippen molar-refractivity contribution in [3.63, 3.8) is 0 Å². The van der Waals surface area contributed by atoms with E-state index in [0.717, 1.165) is 36.2 Å². The van der Waals surface area contributed by atoms with E-state index < -0.39 is 0 Å². The van der Waals surface area contributed by atoms with Crippen molar-refractivity contribution in [2.75, 3.05) is 10.2 Å². The van der Waals surface area contributed by atoms with Gasteiger partial charge in [-0.2, -0.15) is 0 Å². The fourth-order valence-electron chi connectivity index (χ4n) is 3.08. The molecule has 0 unspecified atom stereocenters. The van der Waals surface area contributed by atoms with Crippen molar-refractivity contribution in [2.45, 2.75) is 39.2 Å². The summed E-state index contributed by atoms with van der Waals surface area (Å²) in [6.45, 7) is 4.29. The van der Waals surface area contributed by atoms with Gasteiger partial charge in [0.1, 0.15) is 5.82 Å². The number of halogens is 1. The zero-order valence-corrected chi connectivity index (χ0v) is 14.3. The number of benzene rings is 2. The van der Waals surface area contributed by atoms with Crippen LogP contribution in [0.25, 0.3) is 0 Å². The fourth-order valence-corrected chi connectivity index (χ4v) is 3.48. The van der Waals surface area contributed by atoms with Crippen LogP contribution in [0.15, 0.2) is 42.5 Å². The molecule has 0 saturated heterocycles. The lowest BCUT2D eigenvalue weighted by Gasteiger charge is -2.37.